The normalized spacial score (nSPS) is 12.1. The Labute approximate surface area is 142 Å². The topological polar surface area (TPSA) is 76.3 Å². The smallest absolute Gasteiger partial charge is 0.269 e. The van der Waals surface area contributed by atoms with E-state index in [1.54, 1.807) is 23.3 Å². The molecule has 1 atom stereocenters. The average Bonchev–Trinajstić information content (AvgIpc) is 3.04. The summed E-state index contributed by atoms with van der Waals surface area (Å²) < 4.78 is 1.08. The van der Waals surface area contributed by atoms with Gasteiger partial charge in [-0.25, -0.2) is 4.98 Å². The first-order chi connectivity index (χ1) is 11.5. The van der Waals surface area contributed by atoms with Gasteiger partial charge < -0.3 is 4.90 Å². The Morgan fingerprint density at radius 2 is 1.88 bits per heavy atom. The third kappa shape index (κ3) is 2.98. The Morgan fingerprint density at radius 1 is 1.21 bits per heavy atom. The van der Waals surface area contributed by atoms with E-state index in [1.165, 1.54) is 24.3 Å². The van der Waals surface area contributed by atoms with E-state index < -0.39 is 4.92 Å². The van der Waals surface area contributed by atoms with E-state index in [1.807, 2.05) is 31.2 Å². The Bertz CT molecular complexity index is 872. The number of nitrogens with zero attached hydrogens (tertiary/aromatic N) is 3. The van der Waals surface area contributed by atoms with Gasteiger partial charge in [-0.05, 0) is 31.2 Å². The van der Waals surface area contributed by atoms with Crippen LogP contribution in [0.25, 0.3) is 10.2 Å². The largest absolute Gasteiger partial charge is 0.333 e. The molecule has 2 aromatic carbocycles. The molecule has 0 saturated heterocycles. The number of para-hydroxylation sites is 1. The number of rotatable bonds is 4. The quantitative estimate of drug-likeness (QED) is 0.530. The van der Waals surface area contributed by atoms with Crippen molar-refractivity contribution in [2.75, 3.05) is 7.05 Å². The minimum atomic E-state index is -0.484. The summed E-state index contributed by atoms with van der Waals surface area (Å²) in [6.07, 6.45) is 0. The maximum absolute atomic E-state index is 12.6. The number of amides is 1. The van der Waals surface area contributed by atoms with Crippen LogP contribution in [0, 0.1) is 10.1 Å². The zero-order valence-electron chi connectivity index (χ0n) is 13.2. The van der Waals surface area contributed by atoms with Gasteiger partial charge in [-0.15, -0.1) is 11.3 Å². The molecule has 122 valence electrons. The van der Waals surface area contributed by atoms with Gasteiger partial charge in [-0.3, -0.25) is 14.9 Å². The second-order valence-electron chi connectivity index (χ2n) is 5.42. The summed E-state index contributed by atoms with van der Waals surface area (Å²) in [5.74, 6) is -0.198. The molecule has 7 heteroatoms. The summed E-state index contributed by atoms with van der Waals surface area (Å²) in [5.41, 5.74) is 1.30. The van der Waals surface area contributed by atoms with Crippen molar-refractivity contribution in [3.63, 3.8) is 0 Å². The van der Waals surface area contributed by atoms with Gasteiger partial charge in [-0.2, -0.15) is 0 Å². The Morgan fingerprint density at radius 3 is 2.50 bits per heavy atom. The molecule has 0 aliphatic rings. The number of aromatic nitrogens is 1. The lowest BCUT2D eigenvalue weighted by atomic mass is 10.1. The number of thiazole rings is 1. The van der Waals surface area contributed by atoms with Gasteiger partial charge in [0.1, 0.15) is 5.01 Å². The molecule has 0 bridgehead atoms. The van der Waals surface area contributed by atoms with E-state index >= 15 is 0 Å². The maximum Gasteiger partial charge on any atom is 0.269 e. The summed E-state index contributed by atoms with van der Waals surface area (Å²) in [4.78, 5) is 29.0. The number of hydrogen-bond donors (Lipinski definition) is 0. The van der Waals surface area contributed by atoms with Crippen LogP contribution in [0.5, 0.6) is 0 Å². The average molecular weight is 341 g/mol. The molecule has 3 aromatic rings. The molecule has 6 nitrogen and oxygen atoms in total. The number of fused-ring (bicyclic) bond motifs is 1. The third-order valence-electron chi connectivity index (χ3n) is 3.89. The SMILES string of the molecule is C[C@H](c1nc2ccccc2s1)N(C)C(=O)c1ccc([N+](=O)[O-])cc1. The summed E-state index contributed by atoms with van der Waals surface area (Å²) >= 11 is 1.56. The van der Waals surface area contributed by atoms with Crippen molar-refractivity contribution in [1.29, 1.82) is 0 Å². The summed E-state index contributed by atoms with van der Waals surface area (Å²) in [6, 6.07) is 13.3. The van der Waals surface area contributed by atoms with Crippen LogP contribution in [0.2, 0.25) is 0 Å². The van der Waals surface area contributed by atoms with Crippen LogP contribution in [0.15, 0.2) is 48.5 Å². The monoisotopic (exact) mass is 341 g/mol. The van der Waals surface area contributed by atoms with E-state index in [4.69, 9.17) is 0 Å². The first-order valence-corrected chi connectivity index (χ1v) is 8.16. The molecule has 1 aromatic heterocycles. The Kier molecular flexibility index (Phi) is 4.26. The van der Waals surface area contributed by atoms with Crippen molar-refractivity contribution in [2.45, 2.75) is 13.0 Å². The van der Waals surface area contributed by atoms with Gasteiger partial charge in [0.2, 0.25) is 0 Å². The molecule has 0 unspecified atom stereocenters. The highest BCUT2D eigenvalue weighted by Gasteiger charge is 2.22. The zero-order chi connectivity index (χ0) is 17.3. The number of non-ortho nitro benzene ring substituents is 1. The van der Waals surface area contributed by atoms with Crippen molar-refractivity contribution in [3.05, 3.63) is 69.2 Å². The lowest BCUT2D eigenvalue weighted by Gasteiger charge is -2.23. The first kappa shape index (κ1) is 16.1. The molecule has 0 saturated carbocycles. The molecule has 0 N–H and O–H groups in total. The summed E-state index contributed by atoms with van der Waals surface area (Å²) in [7, 11) is 1.71. The van der Waals surface area contributed by atoms with Crippen molar-refractivity contribution in [3.8, 4) is 0 Å². The standard InChI is InChI=1S/C17H15N3O3S/c1-11(16-18-14-5-3-4-6-15(14)24-16)19(2)17(21)12-7-9-13(10-8-12)20(22)23/h3-11H,1-2H3/t11-/m1/s1. The first-order valence-electron chi connectivity index (χ1n) is 7.34. The molecule has 3 rings (SSSR count). The predicted octanol–water partition coefficient (Wildman–Crippen LogP) is 4.04. The molecular formula is C17H15N3O3S. The van der Waals surface area contributed by atoms with Crippen molar-refractivity contribution in [1.82, 2.24) is 9.88 Å². The van der Waals surface area contributed by atoms with Crippen LogP contribution in [-0.2, 0) is 0 Å². The maximum atomic E-state index is 12.6. The van der Waals surface area contributed by atoms with Crippen LogP contribution in [-0.4, -0.2) is 27.8 Å². The highest BCUT2D eigenvalue weighted by molar-refractivity contribution is 7.18. The van der Waals surface area contributed by atoms with Gasteiger partial charge in [0.25, 0.3) is 11.6 Å². The van der Waals surface area contributed by atoms with Gasteiger partial charge in [-0.1, -0.05) is 12.1 Å². The molecule has 1 amide bonds. The number of nitro benzene ring substituents is 1. The number of benzene rings is 2. The zero-order valence-corrected chi connectivity index (χ0v) is 14.0. The number of carbonyl (C=O) groups excluding carboxylic acids is 1. The lowest BCUT2D eigenvalue weighted by molar-refractivity contribution is -0.384. The van der Waals surface area contributed by atoms with Crippen LogP contribution in [0.3, 0.4) is 0 Å². The molecule has 0 aliphatic carbocycles. The Balaban J connectivity index is 1.82. The van der Waals surface area contributed by atoms with Crippen LogP contribution in [0.1, 0.15) is 28.3 Å². The molecule has 0 fully saturated rings. The van der Waals surface area contributed by atoms with E-state index in [0.717, 1.165) is 15.2 Å². The highest BCUT2D eigenvalue weighted by Crippen LogP contribution is 2.29. The van der Waals surface area contributed by atoms with E-state index in [-0.39, 0.29) is 17.6 Å². The van der Waals surface area contributed by atoms with Gasteiger partial charge in [0, 0.05) is 24.7 Å². The summed E-state index contributed by atoms with van der Waals surface area (Å²) in [6.45, 7) is 1.92. The number of carbonyl (C=O) groups is 1. The van der Waals surface area contributed by atoms with Gasteiger partial charge >= 0.3 is 0 Å². The lowest BCUT2D eigenvalue weighted by Crippen LogP contribution is -2.29. The number of hydrogen-bond acceptors (Lipinski definition) is 5. The van der Waals surface area contributed by atoms with Gasteiger partial charge in [0.15, 0.2) is 0 Å². The van der Waals surface area contributed by atoms with Crippen LogP contribution >= 0.6 is 11.3 Å². The summed E-state index contributed by atoms with van der Waals surface area (Å²) in [5, 5.41) is 11.6. The number of nitro groups is 1. The molecular weight excluding hydrogens is 326 g/mol. The van der Waals surface area contributed by atoms with E-state index in [9.17, 15) is 14.9 Å². The minimum absolute atomic E-state index is 0.0339. The van der Waals surface area contributed by atoms with Crippen molar-refractivity contribution < 1.29 is 9.72 Å². The second kappa shape index (κ2) is 6.37. The minimum Gasteiger partial charge on any atom is -0.333 e. The van der Waals surface area contributed by atoms with Crippen molar-refractivity contribution >= 4 is 33.1 Å². The third-order valence-corrected chi connectivity index (χ3v) is 5.10. The second-order valence-corrected chi connectivity index (χ2v) is 6.48. The van der Waals surface area contributed by atoms with Gasteiger partial charge in [0.05, 0.1) is 21.2 Å². The Hall–Kier alpha value is -2.80. The van der Waals surface area contributed by atoms with Crippen molar-refractivity contribution in [2.24, 2.45) is 0 Å². The molecule has 0 spiro atoms. The van der Waals surface area contributed by atoms with Crippen LogP contribution < -0.4 is 0 Å². The molecule has 1 heterocycles. The molecule has 0 radical (unpaired) electrons. The van der Waals surface area contributed by atoms with Crippen LogP contribution in [0.4, 0.5) is 5.69 Å². The van der Waals surface area contributed by atoms with E-state index in [0.29, 0.717) is 5.56 Å². The molecule has 0 aliphatic heterocycles. The fourth-order valence-corrected chi connectivity index (χ4v) is 3.40. The fourth-order valence-electron chi connectivity index (χ4n) is 2.34. The fraction of sp³-hybridized carbons (Fsp3) is 0.176. The highest BCUT2D eigenvalue weighted by atomic mass is 32.1. The predicted molar refractivity (Wildman–Crippen MR) is 93.2 cm³/mol. The van der Waals surface area contributed by atoms with E-state index in [2.05, 4.69) is 4.98 Å². The molecule has 24 heavy (non-hydrogen) atoms.